The quantitative estimate of drug-likeness (QED) is 0.837. The third kappa shape index (κ3) is 4.77. The third-order valence-electron chi connectivity index (χ3n) is 2.75. The number of halogens is 3. The van der Waals surface area contributed by atoms with E-state index in [2.05, 4.69) is 12.2 Å². The predicted octanol–water partition coefficient (Wildman–Crippen LogP) is 3.49. The van der Waals surface area contributed by atoms with Crippen LogP contribution in [0.25, 0.3) is 0 Å². The van der Waals surface area contributed by atoms with Gasteiger partial charge in [-0.3, -0.25) is 0 Å². The Morgan fingerprint density at radius 2 is 1.76 bits per heavy atom. The van der Waals surface area contributed by atoms with E-state index < -0.39 is 11.7 Å². The summed E-state index contributed by atoms with van der Waals surface area (Å²) in [5.74, 6) is 0.471. The van der Waals surface area contributed by atoms with Crippen molar-refractivity contribution in [1.29, 1.82) is 0 Å². The van der Waals surface area contributed by atoms with Crippen molar-refractivity contribution in [3.05, 3.63) is 35.4 Å². The van der Waals surface area contributed by atoms with E-state index in [1.54, 1.807) is 12.1 Å². The first-order valence-electron chi connectivity index (χ1n) is 5.74. The highest BCUT2D eigenvalue weighted by atomic mass is 19.4. The van der Waals surface area contributed by atoms with E-state index in [1.807, 2.05) is 7.05 Å². The second-order valence-corrected chi connectivity index (χ2v) is 4.40. The SMILES string of the molecule is CNCCC(C)Cc1ccc(C(F)(F)F)cc1. The minimum Gasteiger partial charge on any atom is -0.320 e. The molecule has 0 aliphatic rings. The van der Waals surface area contributed by atoms with Crippen LogP contribution in [0.3, 0.4) is 0 Å². The van der Waals surface area contributed by atoms with Gasteiger partial charge in [0.2, 0.25) is 0 Å². The Balaban J connectivity index is 2.56. The maximum absolute atomic E-state index is 12.3. The first kappa shape index (κ1) is 14.0. The van der Waals surface area contributed by atoms with Crippen LogP contribution in [-0.2, 0) is 12.6 Å². The van der Waals surface area contributed by atoms with Crippen molar-refractivity contribution in [3.63, 3.8) is 0 Å². The molecule has 0 saturated carbocycles. The monoisotopic (exact) mass is 245 g/mol. The van der Waals surface area contributed by atoms with Crippen molar-refractivity contribution in [2.45, 2.75) is 25.9 Å². The van der Waals surface area contributed by atoms with Crippen LogP contribution in [0.1, 0.15) is 24.5 Å². The molecule has 1 N–H and O–H groups in total. The van der Waals surface area contributed by atoms with Crippen molar-refractivity contribution < 1.29 is 13.2 Å². The zero-order valence-corrected chi connectivity index (χ0v) is 10.1. The summed E-state index contributed by atoms with van der Waals surface area (Å²) in [5.41, 5.74) is 0.380. The first-order valence-corrected chi connectivity index (χ1v) is 5.74. The molecular weight excluding hydrogens is 227 g/mol. The molecule has 1 atom stereocenters. The molecule has 1 rings (SSSR count). The third-order valence-corrected chi connectivity index (χ3v) is 2.75. The fraction of sp³-hybridized carbons (Fsp3) is 0.538. The molecule has 96 valence electrons. The van der Waals surface area contributed by atoms with Crippen molar-refractivity contribution in [1.82, 2.24) is 5.32 Å². The summed E-state index contributed by atoms with van der Waals surface area (Å²) in [7, 11) is 1.89. The molecule has 0 aromatic heterocycles. The summed E-state index contributed by atoms with van der Waals surface area (Å²) >= 11 is 0. The molecule has 0 radical (unpaired) electrons. The smallest absolute Gasteiger partial charge is 0.320 e. The summed E-state index contributed by atoms with van der Waals surface area (Å²) in [6.45, 7) is 3.04. The molecule has 0 heterocycles. The molecule has 0 fully saturated rings. The van der Waals surface area contributed by atoms with Crippen LogP contribution in [0.15, 0.2) is 24.3 Å². The van der Waals surface area contributed by atoms with Gasteiger partial charge in [0.1, 0.15) is 0 Å². The fourth-order valence-corrected chi connectivity index (χ4v) is 1.72. The molecule has 0 bridgehead atoms. The summed E-state index contributed by atoms with van der Waals surface area (Å²) in [6.07, 6.45) is -2.40. The summed E-state index contributed by atoms with van der Waals surface area (Å²) in [4.78, 5) is 0. The predicted molar refractivity (Wildman–Crippen MR) is 62.9 cm³/mol. The fourth-order valence-electron chi connectivity index (χ4n) is 1.72. The maximum Gasteiger partial charge on any atom is 0.416 e. The zero-order chi connectivity index (χ0) is 12.9. The van der Waals surface area contributed by atoms with Gasteiger partial charge in [-0.05, 0) is 50.0 Å². The summed E-state index contributed by atoms with van der Waals surface area (Å²) in [5, 5.41) is 3.06. The lowest BCUT2D eigenvalue weighted by Gasteiger charge is -2.12. The highest BCUT2D eigenvalue weighted by Gasteiger charge is 2.29. The molecule has 1 aromatic carbocycles. The molecule has 0 spiro atoms. The lowest BCUT2D eigenvalue weighted by atomic mass is 9.97. The van der Waals surface area contributed by atoms with Gasteiger partial charge in [-0.25, -0.2) is 0 Å². The molecule has 4 heteroatoms. The van der Waals surface area contributed by atoms with E-state index in [0.29, 0.717) is 5.92 Å². The maximum atomic E-state index is 12.3. The Kier molecular flexibility index (Phi) is 5.00. The Hall–Kier alpha value is -1.03. The van der Waals surface area contributed by atoms with Gasteiger partial charge in [0.25, 0.3) is 0 Å². The molecule has 0 amide bonds. The minimum atomic E-state index is -4.24. The molecule has 0 aliphatic heterocycles. The number of benzene rings is 1. The molecule has 1 nitrogen and oxygen atoms in total. The standard InChI is InChI=1S/C13H18F3N/c1-10(7-8-17-2)9-11-3-5-12(6-4-11)13(14,15)16/h3-6,10,17H,7-9H2,1-2H3. The van der Waals surface area contributed by atoms with E-state index in [4.69, 9.17) is 0 Å². The molecule has 0 aliphatic carbocycles. The van der Waals surface area contributed by atoms with Crippen molar-refractivity contribution in [2.75, 3.05) is 13.6 Å². The van der Waals surface area contributed by atoms with Gasteiger partial charge < -0.3 is 5.32 Å². The Morgan fingerprint density at radius 1 is 1.18 bits per heavy atom. The van der Waals surface area contributed by atoms with Gasteiger partial charge >= 0.3 is 6.18 Å². The van der Waals surface area contributed by atoms with E-state index in [9.17, 15) is 13.2 Å². The molecule has 17 heavy (non-hydrogen) atoms. The lowest BCUT2D eigenvalue weighted by Crippen LogP contribution is -2.13. The largest absolute Gasteiger partial charge is 0.416 e. The normalized spacial score (nSPS) is 13.7. The summed E-state index contributed by atoms with van der Waals surface area (Å²) < 4.78 is 37.0. The Bertz CT molecular complexity index is 330. The minimum absolute atomic E-state index is 0.471. The average molecular weight is 245 g/mol. The van der Waals surface area contributed by atoms with E-state index in [1.165, 1.54) is 0 Å². The van der Waals surface area contributed by atoms with Gasteiger partial charge in [-0.15, -0.1) is 0 Å². The van der Waals surface area contributed by atoms with Crippen LogP contribution in [0.2, 0.25) is 0 Å². The topological polar surface area (TPSA) is 12.0 Å². The number of alkyl halides is 3. The molecular formula is C13H18F3N. The van der Waals surface area contributed by atoms with Crippen LogP contribution >= 0.6 is 0 Å². The van der Waals surface area contributed by atoms with Crippen LogP contribution in [0, 0.1) is 5.92 Å². The van der Waals surface area contributed by atoms with Gasteiger partial charge in [0.15, 0.2) is 0 Å². The van der Waals surface area contributed by atoms with Crippen LogP contribution in [-0.4, -0.2) is 13.6 Å². The number of hydrogen-bond acceptors (Lipinski definition) is 1. The Labute approximate surface area is 100 Å². The summed E-state index contributed by atoms with van der Waals surface area (Å²) in [6, 6.07) is 5.44. The van der Waals surface area contributed by atoms with Gasteiger partial charge in [0, 0.05) is 0 Å². The molecule has 1 aromatic rings. The zero-order valence-electron chi connectivity index (χ0n) is 10.1. The van der Waals surface area contributed by atoms with Crippen molar-refractivity contribution >= 4 is 0 Å². The van der Waals surface area contributed by atoms with Crippen LogP contribution in [0.4, 0.5) is 13.2 Å². The number of hydrogen-bond donors (Lipinski definition) is 1. The van der Waals surface area contributed by atoms with Gasteiger partial charge in [-0.2, -0.15) is 13.2 Å². The van der Waals surface area contributed by atoms with E-state index in [-0.39, 0.29) is 0 Å². The second-order valence-electron chi connectivity index (χ2n) is 4.40. The van der Waals surface area contributed by atoms with Crippen molar-refractivity contribution in [2.24, 2.45) is 5.92 Å². The van der Waals surface area contributed by atoms with Crippen LogP contribution < -0.4 is 5.32 Å². The Morgan fingerprint density at radius 3 is 2.24 bits per heavy atom. The molecule has 1 unspecified atom stereocenters. The average Bonchev–Trinajstić information content (AvgIpc) is 2.26. The van der Waals surface area contributed by atoms with Gasteiger partial charge in [0.05, 0.1) is 5.56 Å². The number of nitrogens with one attached hydrogen (secondary N) is 1. The van der Waals surface area contributed by atoms with Gasteiger partial charge in [-0.1, -0.05) is 19.1 Å². The molecule has 0 saturated heterocycles. The highest BCUT2D eigenvalue weighted by Crippen LogP contribution is 2.29. The number of rotatable bonds is 5. The highest BCUT2D eigenvalue weighted by molar-refractivity contribution is 5.24. The van der Waals surface area contributed by atoms with E-state index >= 15 is 0 Å². The second kappa shape index (κ2) is 6.05. The first-order chi connectivity index (χ1) is 7.93. The van der Waals surface area contributed by atoms with Crippen molar-refractivity contribution in [3.8, 4) is 0 Å². The van der Waals surface area contributed by atoms with E-state index in [0.717, 1.165) is 37.1 Å². The lowest BCUT2D eigenvalue weighted by molar-refractivity contribution is -0.137. The van der Waals surface area contributed by atoms with Crippen LogP contribution in [0.5, 0.6) is 0 Å².